The number of ketones is 2. The highest BCUT2D eigenvalue weighted by Crippen LogP contribution is 2.55. The van der Waals surface area contributed by atoms with Crippen molar-refractivity contribution in [1.82, 2.24) is 0 Å². The van der Waals surface area contributed by atoms with Gasteiger partial charge in [-0.2, -0.15) is 0 Å². The Morgan fingerprint density at radius 3 is 2.44 bits per heavy atom. The highest BCUT2D eigenvalue weighted by Gasteiger charge is 2.56. The number of carboxylic acid groups (broad SMARTS) is 1. The minimum atomic E-state index is -1.35. The van der Waals surface area contributed by atoms with Gasteiger partial charge in [0.15, 0.2) is 11.6 Å². The fourth-order valence-corrected chi connectivity index (χ4v) is 6.83. The minimum absolute atomic E-state index is 0.0136. The first-order valence-corrected chi connectivity index (χ1v) is 13.0. The number of amides is 2. The molecule has 1 saturated heterocycles. The number of rotatable bonds is 3. The Morgan fingerprint density at radius 1 is 0.974 bits per heavy atom. The van der Waals surface area contributed by atoms with Crippen LogP contribution in [0, 0.1) is 17.8 Å². The predicted octanol–water partition coefficient (Wildman–Crippen LogP) is 3.76. The van der Waals surface area contributed by atoms with Crippen LogP contribution in [0.2, 0.25) is 0 Å². The molecular formula is C29H20BrNO8. The quantitative estimate of drug-likeness (QED) is 0.278. The summed E-state index contributed by atoms with van der Waals surface area (Å²) in [6.07, 6.45) is 3.40. The second kappa shape index (κ2) is 8.88. The summed E-state index contributed by atoms with van der Waals surface area (Å²) >= 11 is 3.18. The van der Waals surface area contributed by atoms with Crippen molar-refractivity contribution in [3.05, 3.63) is 86.9 Å². The number of carbonyl (C=O) groups excluding carboxylic acids is 4. The zero-order valence-corrected chi connectivity index (χ0v) is 21.7. The number of phenolic OH excluding ortho intramolecular Hbond substituents is 1. The molecule has 3 N–H and O–H groups in total. The molecule has 4 aliphatic rings. The van der Waals surface area contributed by atoms with Gasteiger partial charge in [0, 0.05) is 29.2 Å². The highest BCUT2D eigenvalue weighted by molar-refractivity contribution is 9.12. The second-order valence-electron chi connectivity index (χ2n) is 10.0. The van der Waals surface area contributed by atoms with E-state index in [0.717, 1.165) is 22.6 Å². The molecule has 10 heteroatoms. The number of aromatic carboxylic acids is 1. The summed E-state index contributed by atoms with van der Waals surface area (Å²) in [7, 11) is 0. The third kappa shape index (κ3) is 3.69. The molecule has 4 atom stereocenters. The maximum Gasteiger partial charge on any atom is 0.339 e. The fourth-order valence-electron chi connectivity index (χ4n) is 6.38. The number of halogens is 1. The molecule has 2 aromatic rings. The summed E-state index contributed by atoms with van der Waals surface area (Å²) in [4.78, 5) is 66.1. The SMILES string of the molecule is O=C1C=C(Br)C(=O)C2=C1[C@@H](c1cccc(O)c1)C1=CC[C@@H]3C(=O)N(c4ccc(C(=O)O)c(O)c4)C(=O)[C@@H]3[C@@H]1C2. The van der Waals surface area contributed by atoms with Crippen LogP contribution in [0.15, 0.2) is 75.8 Å². The average Bonchev–Trinajstić information content (AvgIpc) is 3.15. The number of fused-ring (bicyclic) bond motifs is 3. The number of Topliss-reactive ketones (excluding diaryl/α,β-unsaturated/α-hetero) is 1. The first kappa shape index (κ1) is 25.0. The third-order valence-corrected chi connectivity index (χ3v) is 8.59. The van der Waals surface area contributed by atoms with Gasteiger partial charge in [0.05, 0.1) is 22.0 Å². The molecule has 2 aromatic carbocycles. The van der Waals surface area contributed by atoms with E-state index < -0.39 is 47.2 Å². The average molecular weight is 590 g/mol. The van der Waals surface area contributed by atoms with E-state index in [-0.39, 0.29) is 51.5 Å². The Kier molecular flexibility index (Phi) is 5.69. The number of aromatic hydroxyl groups is 2. The van der Waals surface area contributed by atoms with Gasteiger partial charge in [0.25, 0.3) is 0 Å². The maximum absolute atomic E-state index is 13.9. The molecule has 0 spiro atoms. The summed E-state index contributed by atoms with van der Waals surface area (Å²) in [5.74, 6) is -6.46. The summed E-state index contributed by atoms with van der Waals surface area (Å²) in [5, 5.41) is 29.6. The van der Waals surface area contributed by atoms with Crippen LogP contribution in [0.4, 0.5) is 5.69 Å². The van der Waals surface area contributed by atoms with Gasteiger partial charge in [0.2, 0.25) is 11.8 Å². The lowest BCUT2D eigenvalue weighted by Crippen LogP contribution is -2.39. The molecule has 0 aromatic heterocycles. The van der Waals surface area contributed by atoms with Crippen LogP contribution in [0.5, 0.6) is 11.5 Å². The molecule has 0 bridgehead atoms. The molecule has 0 radical (unpaired) electrons. The topological polar surface area (TPSA) is 149 Å². The number of anilines is 1. The summed E-state index contributed by atoms with van der Waals surface area (Å²) in [5.41, 5.74) is 1.59. The first-order chi connectivity index (χ1) is 18.6. The molecule has 6 rings (SSSR count). The van der Waals surface area contributed by atoms with E-state index in [0.29, 0.717) is 11.1 Å². The predicted molar refractivity (Wildman–Crippen MR) is 140 cm³/mol. The summed E-state index contributed by atoms with van der Waals surface area (Å²) < 4.78 is 0.116. The number of nitrogens with zero attached hydrogens (tertiary/aromatic N) is 1. The zero-order valence-electron chi connectivity index (χ0n) is 20.1. The van der Waals surface area contributed by atoms with E-state index in [2.05, 4.69) is 15.9 Å². The van der Waals surface area contributed by atoms with E-state index in [4.69, 9.17) is 0 Å². The molecule has 39 heavy (non-hydrogen) atoms. The Labute approximate surface area is 229 Å². The van der Waals surface area contributed by atoms with E-state index in [9.17, 15) is 39.3 Å². The molecule has 2 amide bonds. The third-order valence-electron chi connectivity index (χ3n) is 8.00. The van der Waals surface area contributed by atoms with Crippen molar-refractivity contribution >= 4 is 51.0 Å². The van der Waals surface area contributed by atoms with Gasteiger partial charge in [-0.25, -0.2) is 9.69 Å². The van der Waals surface area contributed by atoms with E-state index in [1.165, 1.54) is 24.3 Å². The number of imide groups is 1. The van der Waals surface area contributed by atoms with Crippen molar-refractivity contribution in [2.24, 2.45) is 17.8 Å². The molecule has 196 valence electrons. The van der Waals surface area contributed by atoms with Crippen LogP contribution >= 0.6 is 15.9 Å². The van der Waals surface area contributed by atoms with Gasteiger partial charge in [0.1, 0.15) is 17.1 Å². The lowest BCUT2D eigenvalue weighted by Gasteiger charge is -2.42. The number of hydrogen-bond donors (Lipinski definition) is 3. The fraction of sp³-hybridized carbons (Fsp3) is 0.207. The lowest BCUT2D eigenvalue weighted by molar-refractivity contribution is -0.123. The lowest BCUT2D eigenvalue weighted by atomic mass is 9.59. The van der Waals surface area contributed by atoms with Crippen LogP contribution in [-0.2, 0) is 19.2 Å². The van der Waals surface area contributed by atoms with Gasteiger partial charge in [-0.15, -0.1) is 0 Å². The number of phenols is 2. The van der Waals surface area contributed by atoms with Gasteiger partial charge >= 0.3 is 5.97 Å². The highest BCUT2D eigenvalue weighted by atomic mass is 79.9. The van der Waals surface area contributed by atoms with Crippen LogP contribution in [0.3, 0.4) is 0 Å². The summed E-state index contributed by atoms with van der Waals surface area (Å²) in [6, 6.07) is 9.91. The minimum Gasteiger partial charge on any atom is -0.508 e. The Morgan fingerprint density at radius 2 is 1.74 bits per heavy atom. The standard InChI is InChI=1S/C29H20BrNO8/c30-20-11-22(34)25-19(26(20)35)10-18-15(23(25)12-2-1-3-14(32)8-12)6-7-17-24(18)28(37)31(27(17)36)13-4-5-16(29(38)39)21(33)9-13/h1-6,8-9,11,17-18,23-24,32-33H,7,10H2,(H,38,39)/t17-,18+,23-,24-/m0/s1. The van der Waals surface area contributed by atoms with Crippen molar-refractivity contribution < 1.29 is 39.3 Å². The number of carboxylic acids is 1. The van der Waals surface area contributed by atoms with Crippen LogP contribution < -0.4 is 4.90 Å². The number of carbonyl (C=O) groups is 5. The van der Waals surface area contributed by atoms with Crippen LogP contribution in [0.1, 0.15) is 34.7 Å². The van der Waals surface area contributed by atoms with Crippen molar-refractivity contribution in [3.63, 3.8) is 0 Å². The van der Waals surface area contributed by atoms with Crippen molar-refractivity contribution in [3.8, 4) is 11.5 Å². The van der Waals surface area contributed by atoms with E-state index >= 15 is 0 Å². The zero-order chi connectivity index (χ0) is 27.7. The first-order valence-electron chi connectivity index (χ1n) is 12.2. The maximum atomic E-state index is 13.9. The van der Waals surface area contributed by atoms with Crippen LogP contribution in [-0.4, -0.2) is 44.7 Å². The molecule has 1 fully saturated rings. The second-order valence-corrected chi connectivity index (χ2v) is 10.9. The van der Waals surface area contributed by atoms with Crippen molar-refractivity contribution in [2.75, 3.05) is 4.90 Å². The van der Waals surface area contributed by atoms with Crippen molar-refractivity contribution in [1.29, 1.82) is 0 Å². The van der Waals surface area contributed by atoms with E-state index in [1.807, 2.05) is 6.08 Å². The largest absolute Gasteiger partial charge is 0.508 e. The molecule has 1 heterocycles. The molecule has 0 saturated carbocycles. The Balaban J connectivity index is 1.46. The molecular weight excluding hydrogens is 570 g/mol. The van der Waals surface area contributed by atoms with Gasteiger partial charge < -0.3 is 15.3 Å². The van der Waals surface area contributed by atoms with Gasteiger partial charge in [-0.05, 0) is 64.5 Å². The Bertz CT molecular complexity index is 1630. The monoisotopic (exact) mass is 589 g/mol. The van der Waals surface area contributed by atoms with E-state index in [1.54, 1.807) is 12.1 Å². The normalized spacial score (nSPS) is 26.1. The molecule has 0 unspecified atom stereocenters. The smallest absolute Gasteiger partial charge is 0.339 e. The van der Waals surface area contributed by atoms with Gasteiger partial charge in [-0.1, -0.05) is 23.8 Å². The number of hydrogen-bond acceptors (Lipinski definition) is 7. The van der Waals surface area contributed by atoms with Gasteiger partial charge in [-0.3, -0.25) is 19.2 Å². The molecule has 9 nitrogen and oxygen atoms in total. The molecule has 1 aliphatic heterocycles. The number of allylic oxidation sites excluding steroid dienone is 6. The summed E-state index contributed by atoms with van der Waals surface area (Å²) in [6.45, 7) is 0. The Hall–Kier alpha value is -4.31. The van der Waals surface area contributed by atoms with Crippen LogP contribution in [0.25, 0.3) is 0 Å². The van der Waals surface area contributed by atoms with Crippen molar-refractivity contribution in [2.45, 2.75) is 18.8 Å². The number of benzene rings is 2. The molecule has 3 aliphatic carbocycles.